The normalized spacial score (nSPS) is 10.1. The van der Waals surface area contributed by atoms with Gasteiger partial charge in [-0.2, -0.15) is 10.4 Å². The van der Waals surface area contributed by atoms with Gasteiger partial charge in [-0.25, -0.2) is 4.68 Å². The van der Waals surface area contributed by atoms with Gasteiger partial charge in [0.1, 0.15) is 11.6 Å². The number of rotatable bonds is 1. The van der Waals surface area contributed by atoms with E-state index < -0.39 is 0 Å². The van der Waals surface area contributed by atoms with Gasteiger partial charge in [0, 0.05) is 0 Å². The second-order valence-corrected chi connectivity index (χ2v) is 3.73. The molecule has 0 saturated carbocycles. The molecule has 0 aliphatic rings. The highest BCUT2D eigenvalue weighted by Gasteiger charge is 2.14. The predicted molar refractivity (Wildman–Crippen MR) is 58.6 cm³/mol. The summed E-state index contributed by atoms with van der Waals surface area (Å²) in [6.45, 7) is 1.70. The van der Waals surface area contributed by atoms with Gasteiger partial charge >= 0.3 is 0 Å². The lowest BCUT2D eigenvalue weighted by atomic mass is 10.3. The molecule has 0 aliphatic carbocycles. The first-order valence-corrected chi connectivity index (χ1v) is 5.04. The molecule has 5 nitrogen and oxygen atoms in total. The molecule has 0 atom stereocenters. The van der Waals surface area contributed by atoms with Crippen LogP contribution in [0.4, 0.5) is 0 Å². The van der Waals surface area contributed by atoms with Crippen LogP contribution in [-0.4, -0.2) is 20.0 Å². The lowest BCUT2D eigenvalue weighted by molar-refractivity contribution is 0.804. The first kappa shape index (κ1) is 10.9. The molecule has 80 valence electrons. The SMILES string of the molecule is Cc1nn(-c2ccc(Cl)nn2)c(Cl)c1C#N. The first-order valence-electron chi connectivity index (χ1n) is 4.28. The Labute approximate surface area is 101 Å². The topological polar surface area (TPSA) is 67.4 Å². The Morgan fingerprint density at radius 2 is 2.06 bits per heavy atom. The van der Waals surface area contributed by atoms with Crippen molar-refractivity contribution in [1.29, 1.82) is 5.26 Å². The summed E-state index contributed by atoms with van der Waals surface area (Å²) in [6.07, 6.45) is 0. The molecule has 2 rings (SSSR count). The molecule has 0 fully saturated rings. The molecule has 0 saturated heterocycles. The van der Waals surface area contributed by atoms with Crippen LogP contribution in [0.3, 0.4) is 0 Å². The zero-order valence-corrected chi connectivity index (χ0v) is 9.66. The van der Waals surface area contributed by atoms with Gasteiger partial charge in [-0.1, -0.05) is 23.2 Å². The lowest BCUT2D eigenvalue weighted by Crippen LogP contribution is -2.01. The van der Waals surface area contributed by atoms with E-state index in [4.69, 9.17) is 28.5 Å². The number of hydrogen-bond donors (Lipinski definition) is 0. The summed E-state index contributed by atoms with van der Waals surface area (Å²) in [5.41, 5.74) is 0.877. The molecule has 2 heterocycles. The maximum atomic E-state index is 8.86. The number of nitriles is 1. The van der Waals surface area contributed by atoms with Crippen LogP contribution in [0.2, 0.25) is 10.3 Å². The maximum absolute atomic E-state index is 8.86. The van der Waals surface area contributed by atoms with Crippen molar-refractivity contribution in [3.05, 3.63) is 33.7 Å². The van der Waals surface area contributed by atoms with E-state index in [0.717, 1.165) is 0 Å². The molecule has 0 spiro atoms. The molecule has 0 amide bonds. The summed E-state index contributed by atoms with van der Waals surface area (Å²) in [6, 6.07) is 5.17. The van der Waals surface area contributed by atoms with Gasteiger partial charge in [0.2, 0.25) is 0 Å². The summed E-state index contributed by atoms with van der Waals surface area (Å²) in [7, 11) is 0. The molecule has 2 aromatic heterocycles. The summed E-state index contributed by atoms with van der Waals surface area (Å²) in [5, 5.41) is 21.0. The zero-order valence-electron chi connectivity index (χ0n) is 8.15. The third kappa shape index (κ3) is 1.73. The second-order valence-electron chi connectivity index (χ2n) is 2.99. The van der Waals surface area contributed by atoms with Gasteiger partial charge in [0.25, 0.3) is 0 Å². The predicted octanol–water partition coefficient (Wildman–Crippen LogP) is 2.15. The van der Waals surface area contributed by atoms with E-state index in [0.29, 0.717) is 17.1 Å². The fourth-order valence-electron chi connectivity index (χ4n) is 1.20. The van der Waals surface area contributed by atoms with Crippen molar-refractivity contribution in [2.45, 2.75) is 6.92 Å². The molecule has 7 heteroatoms. The molecule has 0 aliphatic heterocycles. The van der Waals surface area contributed by atoms with Crippen LogP contribution in [0.1, 0.15) is 11.3 Å². The molecule has 0 bridgehead atoms. The smallest absolute Gasteiger partial charge is 0.177 e. The van der Waals surface area contributed by atoms with Crippen molar-refractivity contribution in [2.75, 3.05) is 0 Å². The van der Waals surface area contributed by atoms with Gasteiger partial charge in [0.05, 0.1) is 5.69 Å². The fraction of sp³-hybridized carbons (Fsp3) is 0.111. The van der Waals surface area contributed by atoms with E-state index in [2.05, 4.69) is 15.3 Å². The Morgan fingerprint density at radius 3 is 2.56 bits per heavy atom. The molecular formula is C9H5Cl2N5. The molecule has 0 radical (unpaired) electrons. The van der Waals surface area contributed by atoms with Gasteiger partial charge in [0.15, 0.2) is 16.1 Å². The van der Waals surface area contributed by atoms with Crippen molar-refractivity contribution >= 4 is 23.2 Å². The average Bonchev–Trinajstić information content (AvgIpc) is 2.55. The Bertz CT molecular complexity index is 567. The summed E-state index contributed by atoms with van der Waals surface area (Å²) in [4.78, 5) is 0. The van der Waals surface area contributed by atoms with Gasteiger partial charge in [-0.3, -0.25) is 0 Å². The molecule has 0 N–H and O–H groups in total. The number of halogens is 2. The third-order valence-electron chi connectivity index (χ3n) is 1.95. The van der Waals surface area contributed by atoms with Crippen molar-refractivity contribution < 1.29 is 0 Å². The van der Waals surface area contributed by atoms with E-state index in [1.807, 2.05) is 6.07 Å². The van der Waals surface area contributed by atoms with Crippen LogP contribution < -0.4 is 0 Å². The summed E-state index contributed by atoms with van der Waals surface area (Å²) < 4.78 is 1.35. The molecule has 0 unspecified atom stereocenters. The first-order chi connectivity index (χ1) is 7.63. The van der Waals surface area contributed by atoms with Crippen molar-refractivity contribution in [2.24, 2.45) is 0 Å². The van der Waals surface area contributed by atoms with Crippen LogP contribution in [0.25, 0.3) is 5.82 Å². The van der Waals surface area contributed by atoms with Crippen LogP contribution in [0.5, 0.6) is 0 Å². The lowest BCUT2D eigenvalue weighted by Gasteiger charge is -1.99. The minimum atomic E-state index is 0.219. The van der Waals surface area contributed by atoms with Gasteiger partial charge < -0.3 is 0 Å². The van der Waals surface area contributed by atoms with Crippen LogP contribution in [0, 0.1) is 18.3 Å². The van der Waals surface area contributed by atoms with Crippen LogP contribution in [-0.2, 0) is 0 Å². The number of aromatic nitrogens is 4. The van der Waals surface area contributed by atoms with Crippen molar-refractivity contribution in [3.63, 3.8) is 0 Å². The Hall–Kier alpha value is -1.64. The van der Waals surface area contributed by atoms with Crippen molar-refractivity contribution in [1.82, 2.24) is 20.0 Å². The minimum Gasteiger partial charge on any atom is -0.200 e. The zero-order chi connectivity index (χ0) is 11.7. The fourth-order valence-corrected chi connectivity index (χ4v) is 1.60. The largest absolute Gasteiger partial charge is 0.200 e. The maximum Gasteiger partial charge on any atom is 0.177 e. The molecular weight excluding hydrogens is 249 g/mol. The Morgan fingerprint density at radius 1 is 1.31 bits per heavy atom. The Kier molecular flexibility index (Phi) is 2.77. The molecule has 0 aromatic carbocycles. The standard InChI is InChI=1S/C9H5Cl2N5/c1-5-6(4-12)9(11)16(15-5)8-3-2-7(10)13-14-8/h2-3H,1H3. The highest BCUT2D eigenvalue weighted by atomic mass is 35.5. The monoisotopic (exact) mass is 253 g/mol. The number of aryl methyl sites for hydroxylation is 1. The van der Waals surface area contributed by atoms with Crippen molar-refractivity contribution in [3.8, 4) is 11.9 Å². The highest BCUT2D eigenvalue weighted by molar-refractivity contribution is 6.31. The minimum absolute atomic E-state index is 0.219. The van der Waals surface area contributed by atoms with Gasteiger partial charge in [-0.05, 0) is 19.1 Å². The molecule has 2 aromatic rings. The summed E-state index contributed by atoms with van der Waals surface area (Å²) in [5.74, 6) is 0.416. The average molecular weight is 254 g/mol. The number of nitrogens with zero attached hydrogens (tertiary/aromatic N) is 5. The van der Waals surface area contributed by atoms with E-state index in [9.17, 15) is 0 Å². The van der Waals surface area contributed by atoms with Crippen LogP contribution in [0.15, 0.2) is 12.1 Å². The Balaban J connectivity index is 2.58. The molecule has 16 heavy (non-hydrogen) atoms. The van der Waals surface area contributed by atoms with E-state index >= 15 is 0 Å². The second kappa shape index (κ2) is 4.08. The quantitative estimate of drug-likeness (QED) is 0.781. The van der Waals surface area contributed by atoms with Crippen LogP contribution >= 0.6 is 23.2 Å². The highest BCUT2D eigenvalue weighted by Crippen LogP contribution is 2.21. The van der Waals surface area contributed by atoms with Gasteiger partial charge in [-0.15, -0.1) is 10.2 Å². The van der Waals surface area contributed by atoms with E-state index in [-0.39, 0.29) is 10.3 Å². The third-order valence-corrected chi connectivity index (χ3v) is 2.50. The summed E-state index contributed by atoms with van der Waals surface area (Å²) >= 11 is 11.6. The number of hydrogen-bond acceptors (Lipinski definition) is 4. The van der Waals surface area contributed by atoms with E-state index in [1.54, 1.807) is 19.1 Å². The van der Waals surface area contributed by atoms with E-state index in [1.165, 1.54) is 4.68 Å².